The Kier molecular flexibility index (Phi) is 3.79. The molecule has 1 aliphatic rings. The van der Waals surface area contributed by atoms with Crippen molar-refractivity contribution >= 4 is 29.0 Å². The Bertz CT molecular complexity index is 810. The Balaban J connectivity index is 1.77. The van der Waals surface area contributed by atoms with Crippen molar-refractivity contribution in [2.75, 3.05) is 22.6 Å². The topological polar surface area (TPSA) is 61.4 Å². The lowest BCUT2D eigenvalue weighted by Crippen LogP contribution is -2.33. The van der Waals surface area contributed by atoms with Gasteiger partial charge in [0.05, 0.1) is 5.41 Å². The average molecular weight is 323 g/mol. The number of hydrogen-bond donors (Lipinski definition) is 2. The van der Waals surface area contributed by atoms with Crippen molar-refractivity contribution in [3.05, 3.63) is 53.6 Å². The smallest absolute Gasteiger partial charge is 0.314 e. The molecule has 0 bridgehead atoms. The highest BCUT2D eigenvalue weighted by Crippen LogP contribution is 2.41. The molecule has 0 saturated carbocycles. The Morgan fingerprint density at radius 2 is 1.58 bits per heavy atom. The molecule has 5 heteroatoms. The highest BCUT2D eigenvalue weighted by atomic mass is 16.2. The van der Waals surface area contributed by atoms with Gasteiger partial charge < -0.3 is 15.5 Å². The third-order valence-electron chi connectivity index (χ3n) is 4.44. The molecule has 5 nitrogen and oxygen atoms in total. The van der Waals surface area contributed by atoms with Crippen LogP contribution < -0.4 is 15.5 Å². The van der Waals surface area contributed by atoms with Crippen molar-refractivity contribution in [2.24, 2.45) is 0 Å². The molecule has 0 radical (unpaired) electrons. The number of hydrogen-bond acceptors (Lipinski definition) is 2. The number of nitrogens with one attached hydrogen (secondary N) is 2. The summed E-state index contributed by atoms with van der Waals surface area (Å²) >= 11 is 0. The van der Waals surface area contributed by atoms with Crippen LogP contribution in [0.3, 0.4) is 0 Å². The van der Waals surface area contributed by atoms with E-state index in [-0.39, 0.29) is 11.9 Å². The number of likely N-dealkylation sites (N-methyl/N-ethyl adjacent to an activating group) is 1. The molecule has 0 saturated heterocycles. The minimum atomic E-state index is -0.588. The van der Waals surface area contributed by atoms with E-state index in [1.54, 1.807) is 18.0 Å². The SMILES string of the molecule is Cc1ccc(NC(=O)Nc2ccc3c(c2)C(C)(C)C(=O)N3C)cc1. The van der Waals surface area contributed by atoms with Gasteiger partial charge in [-0.3, -0.25) is 4.79 Å². The van der Waals surface area contributed by atoms with Crippen molar-refractivity contribution in [1.29, 1.82) is 0 Å². The number of amides is 3. The third kappa shape index (κ3) is 2.73. The minimum Gasteiger partial charge on any atom is -0.314 e. The third-order valence-corrected chi connectivity index (χ3v) is 4.44. The molecule has 0 aromatic heterocycles. The van der Waals surface area contributed by atoms with Gasteiger partial charge in [-0.2, -0.15) is 0 Å². The Morgan fingerprint density at radius 3 is 2.25 bits per heavy atom. The molecular formula is C19H21N3O2. The second-order valence-corrected chi connectivity index (χ2v) is 6.67. The van der Waals surface area contributed by atoms with E-state index in [4.69, 9.17) is 0 Å². The monoisotopic (exact) mass is 323 g/mol. The molecule has 124 valence electrons. The normalized spacial score (nSPS) is 15.2. The first-order valence-electron chi connectivity index (χ1n) is 7.86. The van der Waals surface area contributed by atoms with Gasteiger partial charge in [0.1, 0.15) is 0 Å². The summed E-state index contributed by atoms with van der Waals surface area (Å²) in [7, 11) is 1.77. The van der Waals surface area contributed by atoms with Crippen LogP contribution in [0.1, 0.15) is 25.0 Å². The highest BCUT2D eigenvalue weighted by Gasteiger charge is 2.42. The summed E-state index contributed by atoms with van der Waals surface area (Å²) in [6.45, 7) is 5.79. The maximum Gasteiger partial charge on any atom is 0.323 e. The summed E-state index contributed by atoms with van der Waals surface area (Å²) < 4.78 is 0. The number of urea groups is 1. The fourth-order valence-electron chi connectivity index (χ4n) is 2.98. The van der Waals surface area contributed by atoms with Gasteiger partial charge in [0.15, 0.2) is 0 Å². The van der Waals surface area contributed by atoms with Crippen LogP contribution >= 0.6 is 0 Å². The molecule has 2 aromatic carbocycles. The molecule has 1 heterocycles. The first-order valence-corrected chi connectivity index (χ1v) is 7.86. The molecule has 1 aliphatic heterocycles. The molecule has 2 aromatic rings. The van der Waals surface area contributed by atoms with Crippen LogP contribution in [0.5, 0.6) is 0 Å². The van der Waals surface area contributed by atoms with Gasteiger partial charge in [-0.05, 0) is 56.7 Å². The molecule has 0 atom stereocenters. The van der Waals surface area contributed by atoms with E-state index in [0.29, 0.717) is 5.69 Å². The van der Waals surface area contributed by atoms with Gasteiger partial charge in [0.2, 0.25) is 5.91 Å². The maximum absolute atomic E-state index is 12.3. The van der Waals surface area contributed by atoms with Gasteiger partial charge in [0.25, 0.3) is 0 Å². The first-order chi connectivity index (χ1) is 11.3. The Labute approximate surface area is 141 Å². The summed E-state index contributed by atoms with van der Waals surface area (Å²) in [6, 6.07) is 12.8. The molecular weight excluding hydrogens is 302 g/mol. The van der Waals surface area contributed by atoms with E-state index in [2.05, 4.69) is 10.6 Å². The van der Waals surface area contributed by atoms with Gasteiger partial charge in [-0.25, -0.2) is 4.79 Å². The van der Waals surface area contributed by atoms with Gasteiger partial charge in [-0.15, -0.1) is 0 Å². The predicted molar refractivity (Wildman–Crippen MR) is 96.7 cm³/mol. The lowest BCUT2D eigenvalue weighted by molar-refractivity contribution is -0.121. The summed E-state index contributed by atoms with van der Waals surface area (Å²) in [5, 5.41) is 5.62. The number of fused-ring (bicyclic) bond motifs is 1. The van der Waals surface area contributed by atoms with E-state index in [1.165, 1.54) is 0 Å². The maximum atomic E-state index is 12.3. The number of carbonyl (C=O) groups excluding carboxylic acids is 2. The van der Waals surface area contributed by atoms with Crippen molar-refractivity contribution in [3.8, 4) is 0 Å². The standard InChI is InChI=1S/C19H21N3O2/c1-12-5-7-13(8-6-12)20-18(24)21-14-9-10-16-15(11-14)19(2,3)17(23)22(16)4/h5-11H,1-4H3,(H2,20,21,24). The summed E-state index contributed by atoms with van der Waals surface area (Å²) in [4.78, 5) is 26.1. The summed E-state index contributed by atoms with van der Waals surface area (Å²) in [5.74, 6) is 0.0544. The zero-order valence-electron chi connectivity index (χ0n) is 14.3. The molecule has 24 heavy (non-hydrogen) atoms. The van der Waals surface area contributed by atoms with Crippen LogP contribution in [0, 0.1) is 6.92 Å². The van der Waals surface area contributed by atoms with Crippen LogP contribution in [0.15, 0.2) is 42.5 Å². The molecule has 3 rings (SSSR count). The van der Waals surface area contributed by atoms with E-state index in [0.717, 1.165) is 22.5 Å². The lowest BCUT2D eigenvalue weighted by atomic mass is 9.86. The largest absolute Gasteiger partial charge is 0.323 e. The van der Waals surface area contributed by atoms with E-state index in [9.17, 15) is 9.59 Å². The number of rotatable bonds is 2. The van der Waals surface area contributed by atoms with Crippen molar-refractivity contribution in [1.82, 2.24) is 0 Å². The van der Waals surface area contributed by atoms with Crippen LogP contribution in [-0.4, -0.2) is 19.0 Å². The zero-order chi connectivity index (χ0) is 17.5. The number of aryl methyl sites for hydroxylation is 1. The fraction of sp³-hybridized carbons (Fsp3) is 0.263. The van der Waals surface area contributed by atoms with Crippen LogP contribution in [0.2, 0.25) is 0 Å². The van der Waals surface area contributed by atoms with E-state index < -0.39 is 5.41 Å². The first kappa shape index (κ1) is 16.1. The van der Waals surface area contributed by atoms with Crippen molar-refractivity contribution in [3.63, 3.8) is 0 Å². The summed E-state index contributed by atoms with van der Waals surface area (Å²) in [6.07, 6.45) is 0. The van der Waals surface area contributed by atoms with Crippen LogP contribution in [0.4, 0.5) is 21.9 Å². The highest BCUT2D eigenvalue weighted by molar-refractivity contribution is 6.08. The van der Waals surface area contributed by atoms with Gasteiger partial charge in [0, 0.05) is 24.1 Å². The molecule has 0 fully saturated rings. The van der Waals surface area contributed by atoms with Crippen LogP contribution in [0.25, 0.3) is 0 Å². The lowest BCUT2D eigenvalue weighted by Gasteiger charge is -2.17. The predicted octanol–water partition coefficient (Wildman–Crippen LogP) is 3.89. The number of carbonyl (C=O) groups is 2. The van der Waals surface area contributed by atoms with E-state index in [1.807, 2.05) is 57.2 Å². The second kappa shape index (κ2) is 5.67. The summed E-state index contributed by atoms with van der Waals surface area (Å²) in [5.41, 5.74) is 3.74. The average Bonchev–Trinajstić information content (AvgIpc) is 2.71. The number of benzene rings is 2. The van der Waals surface area contributed by atoms with Crippen molar-refractivity contribution in [2.45, 2.75) is 26.2 Å². The minimum absolute atomic E-state index is 0.0544. The molecule has 3 amide bonds. The zero-order valence-corrected chi connectivity index (χ0v) is 14.3. The Morgan fingerprint density at radius 1 is 1.00 bits per heavy atom. The molecule has 2 N–H and O–H groups in total. The number of nitrogens with zero attached hydrogens (tertiary/aromatic N) is 1. The van der Waals surface area contributed by atoms with Crippen molar-refractivity contribution < 1.29 is 9.59 Å². The quantitative estimate of drug-likeness (QED) is 0.880. The van der Waals surface area contributed by atoms with Crippen LogP contribution in [-0.2, 0) is 10.2 Å². The number of anilines is 3. The molecule has 0 spiro atoms. The second-order valence-electron chi connectivity index (χ2n) is 6.67. The molecule has 0 unspecified atom stereocenters. The van der Waals surface area contributed by atoms with E-state index >= 15 is 0 Å². The molecule has 0 aliphatic carbocycles. The fourth-order valence-corrected chi connectivity index (χ4v) is 2.98. The Hall–Kier alpha value is -2.82. The van der Waals surface area contributed by atoms with Gasteiger partial charge in [-0.1, -0.05) is 17.7 Å². The van der Waals surface area contributed by atoms with Gasteiger partial charge >= 0.3 is 6.03 Å².